The van der Waals surface area contributed by atoms with Crippen LogP contribution >= 0.6 is 27.5 Å². The Balaban J connectivity index is 1.85. The second-order valence-corrected chi connectivity index (χ2v) is 6.10. The topological polar surface area (TPSA) is 12.0 Å². The van der Waals surface area contributed by atoms with Crippen molar-refractivity contribution in [3.8, 4) is 0 Å². The SMILES string of the molecule is Fc1cc(Br)ccc1CNC1CCC(Cl)CC1. The maximum Gasteiger partial charge on any atom is 0.128 e. The Hall–Kier alpha value is -0.120. The van der Waals surface area contributed by atoms with Crippen LogP contribution in [0, 0.1) is 5.82 Å². The van der Waals surface area contributed by atoms with Gasteiger partial charge in [-0.1, -0.05) is 22.0 Å². The van der Waals surface area contributed by atoms with E-state index in [1.165, 1.54) is 6.07 Å². The minimum Gasteiger partial charge on any atom is -0.310 e. The smallest absolute Gasteiger partial charge is 0.128 e. The van der Waals surface area contributed by atoms with Crippen LogP contribution in [0.1, 0.15) is 31.2 Å². The molecular formula is C13H16BrClFN. The Kier molecular flexibility index (Phi) is 4.83. The Morgan fingerprint density at radius 2 is 2.00 bits per heavy atom. The van der Waals surface area contributed by atoms with Crippen molar-refractivity contribution >= 4 is 27.5 Å². The molecule has 0 saturated heterocycles. The van der Waals surface area contributed by atoms with E-state index in [1.807, 2.05) is 12.1 Å². The standard InChI is InChI=1S/C13H16BrClFN/c14-10-2-1-9(13(16)7-10)8-17-12-5-3-11(15)4-6-12/h1-2,7,11-12,17H,3-6,8H2. The Morgan fingerprint density at radius 3 is 2.65 bits per heavy atom. The van der Waals surface area contributed by atoms with Crippen LogP contribution in [0.5, 0.6) is 0 Å². The summed E-state index contributed by atoms with van der Waals surface area (Å²) in [7, 11) is 0. The summed E-state index contributed by atoms with van der Waals surface area (Å²) in [5, 5.41) is 3.74. The fourth-order valence-corrected chi connectivity index (χ4v) is 2.76. The largest absolute Gasteiger partial charge is 0.310 e. The summed E-state index contributed by atoms with van der Waals surface area (Å²) in [6.07, 6.45) is 4.29. The van der Waals surface area contributed by atoms with E-state index in [4.69, 9.17) is 11.6 Å². The molecule has 0 atom stereocenters. The van der Waals surface area contributed by atoms with E-state index >= 15 is 0 Å². The molecule has 1 fully saturated rings. The van der Waals surface area contributed by atoms with E-state index in [1.54, 1.807) is 0 Å². The van der Waals surface area contributed by atoms with E-state index in [2.05, 4.69) is 21.2 Å². The van der Waals surface area contributed by atoms with Gasteiger partial charge in [0, 0.05) is 28.0 Å². The summed E-state index contributed by atoms with van der Waals surface area (Å²) >= 11 is 9.30. The molecule has 0 aliphatic heterocycles. The van der Waals surface area contributed by atoms with Crippen molar-refractivity contribution in [2.24, 2.45) is 0 Å². The molecule has 94 valence electrons. The summed E-state index contributed by atoms with van der Waals surface area (Å²) in [5.74, 6) is -0.155. The predicted molar refractivity (Wildman–Crippen MR) is 72.8 cm³/mol. The van der Waals surface area contributed by atoms with Crippen LogP contribution < -0.4 is 5.32 Å². The lowest BCUT2D eigenvalue weighted by Gasteiger charge is -2.26. The molecule has 0 radical (unpaired) electrons. The lowest BCUT2D eigenvalue weighted by atomic mass is 9.95. The highest BCUT2D eigenvalue weighted by Crippen LogP contribution is 2.23. The van der Waals surface area contributed by atoms with Gasteiger partial charge in [-0.15, -0.1) is 11.6 Å². The third kappa shape index (κ3) is 3.94. The molecule has 0 heterocycles. The normalized spacial score (nSPS) is 24.9. The van der Waals surface area contributed by atoms with Gasteiger partial charge in [0.05, 0.1) is 0 Å². The van der Waals surface area contributed by atoms with Gasteiger partial charge in [0.25, 0.3) is 0 Å². The Bertz CT molecular complexity index is 378. The van der Waals surface area contributed by atoms with Gasteiger partial charge in [0.1, 0.15) is 5.82 Å². The summed E-state index contributed by atoms with van der Waals surface area (Å²) < 4.78 is 14.4. The van der Waals surface area contributed by atoms with Crippen molar-refractivity contribution in [1.29, 1.82) is 0 Å². The number of hydrogen-bond donors (Lipinski definition) is 1. The second kappa shape index (κ2) is 6.17. The molecule has 1 N–H and O–H groups in total. The lowest BCUT2D eigenvalue weighted by Crippen LogP contribution is -2.33. The van der Waals surface area contributed by atoms with Gasteiger partial charge in [-0.25, -0.2) is 4.39 Å². The highest BCUT2D eigenvalue weighted by Gasteiger charge is 2.19. The highest BCUT2D eigenvalue weighted by atomic mass is 79.9. The van der Waals surface area contributed by atoms with Crippen LogP contribution in [-0.4, -0.2) is 11.4 Å². The molecule has 1 aromatic rings. The molecule has 1 aliphatic rings. The molecule has 1 aliphatic carbocycles. The monoisotopic (exact) mass is 319 g/mol. The van der Waals surface area contributed by atoms with E-state index in [9.17, 15) is 4.39 Å². The summed E-state index contributed by atoms with van der Waals surface area (Å²) in [6.45, 7) is 0.594. The molecule has 1 aromatic carbocycles. The number of nitrogens with one attached hydrogen (secondary N) is 1. The van der Waals surface area contributed by atoms with Gasteiger partial charge in [-0.2, -0.15) is 0 Å². The summed E-state index contributed by atoms with van der Waals surface area (Å²) in [6, 6.07) is 5.68. The van der Waals surface area contributed by atoms with Crippen molar-refractivity contribution in [2.45, 2.75) is 43.6 Å². The van der Waals surface area contributed by atoms with Crippen LogP contribution in [0.15, 0.2) is 22.7 Å². The quantitative estimate of drug-likeness (QED) is 0.822. The van der Waals surface area contributed by atoms with Crippen LogP contribution in [-0.2, 0) is 6.54 Å². The number of alkyl halides is 1. The fraction of sp³-hybridized carbons (Fsp3) is 0.538. The van der Waals surface area contributed by atoms with Gasteiger partial charge in [-0.05, 0) is 37.8 Å². The fourth-order valence-electron chi connectivity index (χ4n) is 2.18. The van der Waals surface area contributed by atoms with Crippen molar-refractivity contribution in [2.75, 3.05) is 0 Å². The predicted octanol–water partition coefficient (Wildman–Crippen LogP) is 4.23. The first-order valence-electron chi connectivity index (χ1n) is 5.96. The zero-order chi connectivity index (χ0) is 12.3. The third-order valence-corrected chi connectivity index (χ3v) is 4.18. The summed E-state index contributed by atoms with van der Waals surface area (Å²) in [5.41, 5.74) is 0.723. The molecule has 0 unspecified atom stereocenters. The number of benzene rings is 1. The van der Waals surface area contributed by atoms with Gasteiger partial charge in [-0.3, -0.25) is 0 Å². The zero-order valence-corrected chi connectivity index (χ0v) is 11.9. The van der Waals surface area contributed by atoms with E-state index in [-0.39, 0.29) is 5.82 Å². The van der Waals surface area contributed by atoms with Crippen molar-refractivity contribution in [3.05, 3.63) is 34.1 Å². The first-order chi connectivity index (χ1) is 8.15. The third-order valence-electron chi connectivity index (χ3n) is 3.25. The van der Waals surface area contributed by atoms with Gasteiger partial charge >= 0.3 is 0 Å². The van der Waals surface area contributed by atoms with Crippen molar-refractivity contribution < 1.29 is 4.39 Å². The van der Waals surface area contributed by atoms with Crippen molar-refractivity contribution in [3.63, 3.8) is 0 Å². The molecule has 1 saturated carbocycles. The first kappa shape index (κ1) is 13.3. The molecule has 0 aromatic heterocycles. The molecule has 0 spiro atoms. The highest BCUT2D eigenvalue weighted by molar-refractivity contribution is 9.10. The summed E-state index contributed by atoms with van der Waals surface area (Å²) in [4.78, 5) is 0. The average Bonchev–Trinajstić information content (AvgIpc) is 2.30. The average molecular weight is 321 g/mol. The van der Waals surface area contributed by atoms with Gasteiger partial charge in [0.15, 0.2) is 0 Å². The van der Waals surface area contributed by atoms with Crippen molar-refractivity contribution in [1.82, 2.24) is 5.32 Å². The first-order valence-corrected chi connectivity index (χ1v) is 7.19. The van der Waals surface area contributed by atoms with E-state index < -0.39 is 0 Å². The van der Waals surface area contributed by atoms with E-state index in [0.29, 0.717) is 18.0 Å². The zero-order valence-electron chi connectivity index (χ0n) is 9.56. The van der Waals surface area contributed by atoms with Crippen LogP contribution in [0.4, 0.5) is 4.39 Å². The molecule has 4 heteroatoms. The van der Waals surface area contributed by atoms with Crippen LogP contribution in [0.25, 0.3) is 0 Å². The van der Waals surface area contributed by atoms with Crippen LogP contribution in [0.3, 0.4) is 0 Å². The second-order valence-electron chi connectivity index (χ2n) is 4.57. The van der Waals surface area contributed by atoms with Gasteiger partial charge in [0.2, 0.25) is 0 Å². The maximum absolute atomic E-state index is 13.6. The molecule has 0 amide bonds. The number of hydrogen-bond acceptors (Lipinski definition) is 1. The molecule has 17 heavy (non-hydrogen) atoms. The molecule has 1 nitrogen and oxygen atoms in total. The molecule has 0 bridgehead atoms. The molecule has 2 rings (SSSR count). The Labute approximate surface area is 115 Å². The Morgan fingerprint density at radius 1 is 1.29 bits per heavy atom. The van der Waals surface area contributed by atoms with Gasteiger partial charge < -0.3 is 5.32 Å². The minimum atomic E-state index is -0.155. The molecular weight excluding hydrogens is 305 g/mol. The van der Waals surface area contributed by atoms with E-state index in [0.717, 1.165) is 35.7 Å². The minimum absolute atomic E-state index is 0.155. The van der Waals surface area contributed by atoms with Crippen LogP contribution in [0.2, 0.25) is 0 Å². The lowest BCUT2D eigenvalue weighted by molar-refractivity contribution is 0.374. The maximum atomic E-state index is 13.6. The number of rotatable bonds is 3. The number of halogens is 3.